The highest BCUT2D eigenvalue weighted by Gasteiger charge is 2.36. The average molecular weight is 330 g/mol. The predicted molar refractivity (Wildman–Crippen MR) is 87.9 cm³/mol. The fourth-order valence-electron chi connectivity index (χ4n) is 3.22. The van der Waals surface area contributed by atoms with Crippen molar-refractivity contribution in [2.24, 2.45) is 0 Å². The molecular formula is C18H22N2O4. The van der Waals surface area contributed by atoms with Gasteiger partial charge in [-0.25, -0.2) is 0 Å². The summed E-state index contributed by atoms with van der Waals surface area (Å²) < 4.78 is 10.5. The van der Waals surface area contributed by atoms with E-state index in [0.29, 0.717) is 35.7 Å². The van der Waals surface area contributed by atoms with Crippen molar-refractivity contribution in [3.63, 3.8) is 0 Å². The Bertz CT molecular complexity index is 696. The number of rotatable bonds is 2. The number of furan rings is 2. The second-order valence-electron chi connectivity index (χ2n) is 6.39. The van der Waals surface area contributed by atoms with Gasteiger partial charge in [0.25, 0.3) is 11.8 Å². The number of carbonyl (C=O) groups is 2. The highest BCUT2D eigenvalue weighted by Crippen LogP contribution is 2.23. The minimum Gasteiger partial charge on any atom is -0.469 e. The lowest BCUT2D eigenvalue weighted by molar-refractivity contribution is 0.0268. The van der Waals surface area contributed by atoms with E-state index in [1.54, 1.807) is 26.0 Å². The largest absolute Gasteiger partial charge is 0.469 e. The molecule has 1 aliphatic heterocycles. The summed E-state index contributed by atoms with van der Waals surface area (Å²) in [6, 6.07) is 3.25. The zero-order valence-electron chi connectivity index (χ0n) is 14.4. The smallest absolute Gasteiger partial charge is 0.257 e. The van der Waals surface area contributed by atoms with E-state index in [1.807, 2.05) is 23.6 Å². The molecule has 0 N–H and O–H groups in total. The van der Waals surface area contributed by atoms with Crippen LogP contribution >= 0.6 is 0 Å². The molecular weight excluding hydrogens is 308 g/mol. The Morgan fingerprint density at radius 2 is 1.25 bits per heavy atom. The number of amides is 2. The van der Waals surface area contributed by atoms with Crippen LogP contribution in [-0.4, -0.2) is 46.8 Å². The summed E-state index contributed by atoms with van der Waals surface area (Å²) in [5.74, 6) is 1.14. The topological polar surface area (TPSA) is 66.9 Å². The van der Waals surface area contributed by atoms with Crippen molar-refractivity contribution in [3.8, 4) is 0 Å². The van der Waals surface area contributed by atoms with Gasteiger partial charge >= 0.3 is 0 Å². The minimum atomic E-state index is -0.0702. The number of hydrogen-bond donors (Lipinski definition) is 0. The van der Waals surface area contributed by atoms with E-state index in [2.05, 4.69) is 0 Å². The summed E-state index contributed by atoms with van der Waals surface area (Å²) >= 11 is 0. The number of aryl methyl sites for hydroxylation is 2. The molecule has 2 atom stereocenters. The zero-order valence-corrected chi connectivity index (χ0v) is 14.4. The highest BCUT2D eigenvalue weighted by atomic mass is 16.3. The molecule has 0 saturated carbocycles. The zero-order chi connectivity index (χ0) is 17.4. The lowest BCUT2D eigenvalue weighted by Crippen LogP contribution is -2.59. The SMILES string of the molecule is Cc1occc1C(=O)N1C[C@H](C)N(C(=O)c2ccoc2C)C[C@H]1C. The summed E-state index contributed by atoms with van der Waals surface area (Å²) in [5.41, 5.74) is 1.17. The first-order chi connectivity index (χ1) is 11.4. The van der Waals surface area contributed by atoms with Crippen LogP contribution in [0.2, 0.25) is 0 Å². The fourth-order valence-corrected chi connectivity index (χ4v) is 3.22. The third kappa shape index (κ3) is 2.72. The van der Waals surface area contributed by atoms with E-state index in [9.17, 15) is 9.59 Å². The van der Waals surface area contributed by atoms with Gasteiger partial charge in [-0.05, 0) is 39.8 Å². The molecule has 6 nitrogen and oxygen atoms in total. The maximum Gasteiger partial charge on any atom is 0.257 e. The van der Waals surface area contributed by atoms with Crippen LogP contribution in [0.15, 0.2) is 33.5 Å². The molecule has 0 spiro atoms. The van der Waals surface area contributed by atoms with Gasteiger partial charge in [-0.15, -0.1) is 0 Å². The van der Waals surface area contributed by atoms with Gasteiger partial charge in [0.2, 0.25) is 0 Å². The molecule has 0 bridgehead atoms. The molecule has 0 unspecified atom stereocenters. The van der Waals surface area contributed by atoms with Gasteiger partial charge in [0.15, 0.2) is 0 Å². The molecule has 3 heterocycles. The Labute approximate surface area is 141 Å². The normalized spacial score (nSPS) is 21.2. The van der Waals surface area contributed by atoms with Crippen molar-refractivity contribution in [1.29, 1.82) is 0 Å². The van der Waals surface area contributed by atoms with Crippen LogP contribution < -0.4 is 0 Å². The van der Waals surface area contributed by atoms with Gasteiger partial charge in [-0.2, -0.15) is 0 Å². The molecule has 6 heteroatoms. The van der Waals surface area contributed by atoms with Crippen LogP contribution in [0.25, 0.3) is 0 Å². The Balaban J connectivity index is 1.77. The Hall–Kier alpha value is -2.50. The van der Waals surface area contributed by atoms with Gasteiger partial charge in [0.1, 0.15) is 11.5 Å². The molecule has 0 aliphatic carbocycles. The van der Waals surface area contributed by atoms with Crippen molar-refractivity contribution < 1.29 is 18.4 Å². The molecule has 3 rings (SSSR count). The second kappa shape index (κ2) is 6.19. The second-order valence-corrected chi connectivity index (χ2v) is 6.39. The predicted octanol–water partition coefficient (Wildman–Crippen LogP) is 2.86. The van der Waals surface area contributed by atoms with Crippen LogP contribution in [0.5, 0.6) is 0 Å². The van der Waals surface area contributed by atoms with Gasteiger partial charge in [0, 0.05) is 25.2 Å². The molecule has 128 valence electrons. The Morgan fingerprint density at radius 1 is 0.875 bits per heavy atom. The van der Waals surface area contributed by atoms with E-state index in [0.717, 1.165) is 0 Å². The monoisotopic (exact) mass is 330 g/mol. The first kappa shape index (κ1) is 16.4. The highest BCUT2D eigenvalue weighted by molar-refractivity contribution is 5.97. The maximum absolute atomic E-state index is 12.7. The maximum atomic E-state index is 12.7. The summed E-state index contributed by atoms with van der Waals surface area (Å²) in [5, 5.41) is 0. The van der Waals surface area contributed by atoms with Gasteiger partial charge in [0.05, 0.1) is 23.7 Å². The molecule has 1 saturated heterocycles. The van der Waals surface area contributed by atoms with Crippen LogP contribution in [0.4, 0.5) is 0 Å². The summed E-state index contributed by atoms with van der Waals surface area (Å²) in [6.45, 7) is 8.47. The molecule has 1 aliphatic rings. The van der Waals surface area contributed by atoms with Crippen LogP contribution in [0.1, 0.15) is 46.1 Å². The van der Waals surface area contributed by atoms with E-state index in [-0.39, 0.29) is 23.9 Å². The van der Waals surface area contributed by atoms with Crippen molar-refractivity contribution in [2.75, 3.05) is 13.1 Å². The average Bonchev–Trinajstić information content (AvgIpc) is 3.16. The van der Waals surface area contributed by atoms with E-state index >= 15 is 0 Å². The van der Waals surface area contributed by atoms with Crippen molar-refractivity contribution in [3.05, 3.63) is 47.3 Å². The fraction of sp³-hybridized carbons (Fsp3) is 0.444. The van der Waals surface area contributed by atoms with E-state index in [4.69, 9.17) is 8.83 Å². The molecule has 2 amide bonds. The van der Waals surface area contributed by atoms with Crippen molar-refractivity contribution >= 4 is 11.8 Å². The van der Waals surface area contributed by atoms with Crippen molar-refractivity contribution in [2.45, 2.75) is 39.8 Å². The minimum absolute atomic E-state index is 0.0489. The molecule has 0 aromatic carbocycles. The lowest BCUT2D eigenvalue weighted by atomic mass is 10.0. The quantitative estimate of drug-likeness (QED) is 0.849. The van der Waals surface area contributed by atoms with Gasteiger partial charge in [-0.1, -0.05) is 0 Å². The van der Waals surface area contributed by atoms with E-state index < -0.39 is 0 Å². The number of nitrogens with zero attached hydrogens (tertiary/aromatic N) is 2. The van der Waals surface area contributed by atoms with Crippen molar-refractivity contribution in [1.82, 2.24) is 9.80 Å². The summed E-state index contributed by atoms with van der Waals surface area (Å²) in [6.07, 6.45) is 3.05. The molecule has 24 heavy (non-hydrogen) atoms. The molecule has 1 fully saturated rings. The third-order valence-corrected chi connectivity index (χ3v) is 4.69. The summed E-state index contributed by atoms with van der Waals surface area (Å²) in [4.78, 5) is 29.1. The molecule has 2 aromatic heterocycles. The first-order valence-corrected chi connectivity index (χ1v) is 8.10. The third-order valence-electron chi connectivity index (χ3n) is 4.69. The summed E-state index contributed by atoms with van der Waals surface area (Å²) in [7, 11) is 0. The lowest BCUT2D eigenvalue weighted by Gasteiger charge is -2.44. The number of carbonyl (C=O) groups excluding carboxylic acids is 2. The Morgan fingerprint density at radius 3 is 1.54 bits per heavy atom. The van der Waals surface area contributed by atoms with Gasteiger partial charge < -0.3 is 18.6 Å². The van der Waals surface area contributed by atoms with Crippen LogP contribution in [0.3, 0.4) is 0 Å². The first-order valence-electron chi connectivity index (χ1n) is 8.10. The van der Waals surface area contributed by atoms with Crippen LogP contribution in [-0.2, 0) is 0 Å². The molecule has 0 radical (unpaired) electrons. The van der Waals surface area contributed by atoms with Crippen LogP contribution in [0, 0.1) is 13.8 Å². The Kier molecular flexibility index (Phi) is 4.22. The van der Waals surface area contributed by atoms with Gasteiger partial charge in [-0.3, -0.25) is 9.59 Å². The number of hydrogen-bond acceptors (Lipinski definition) is 4. The van der Waals surface area contributed by atoms with E-state index in [1.165, 1.54) is 12.5 Å². The molecule has 2 aromatic rings. The standard InChI is InChI=1S/C18H22N2O4/c1-11-9-20(18(22)16-6-8-24-14(16)4)12(2)10-19(11)17(21)15-5-7-23-13(15)3/h5-8,11-12H,9-10H2,1-4H3/t11-,12+. The number of piperazine rings is 1.